The van der Waals surface area contributed by atoms with E-state index in [4.69, 9.17) is 14.2 Å². The van der Waals surface area contributed by atoms with Gasteiger partial charge in [0.25, 0.3) is 5.91 Å². The van der Waals surface area contributed by atoms with Crippen LogP contribution in [-0.4, -0.2) is 26.2 Å². The molecule has 0 radical (unpaired) electrons. The summed E-state index contributed by atoms with van der Waals surface area (Å²) < 4.78 is 16.6. The number of para-hydroxylation sites is 1. The summed E-state index contributed by atoms with van der Waals surface area (Å²) in [5.74, 6) is 2.22. The number of carbonyl (C=O) groups is 1. The van der Waals surface area contributed by atoms with Crippen molar-refractivity contribution in [2.45, 2.75) is 52.2 Å². The van der Waals surface area contributed by atoms with E-state index in [1.807, 2.05) is 49.4 Å². The second kappa shape index (κ2) is 10.0. The van der Waals surface area contributed by atoms with Crippen molar-refractivity contribution in [3.63, 3.8) is 0 Å². The van der Waals surface area contributed by atoms with Gasteiger partial charge in [-0.15, -0.1) is 0 Å². The van der Waals surface area contributed by atoms with Crippen molar-refractivity contribution in [2.75, 3.05) is 14.2 Å². The molecule has 0 saturated carbocycles. The molecule has 2 rings (SSSR count). The molecular formula is C23H31NO4. The highest BCUT2D eigenvalue weighted by Crippen LogP contribution is 2.31. The molecule has 0 unspecified atom stereocenters. The average Bonchev–Trinajstić information content (AvgIpc) is 2.71. The Kier molecular flexibility index (Phi) is 7.73. The van der Waals surface area contributed by atoms with Crippen LogP contribution in [0.5, 0.6) is 17.2 Å². The molecule has 0 saturated heterocycles. The topological polar surface area (TPSA) is 56.8 Å². The van der Waals surface area contributed by atoms with Gasteiger partial charge in [0.05, 0.1) is 20.3 Å². The summed E-state index contributed by atoms with van der Waals surface area (Å²) in [7, 11) is 3.20. The summed E-state index contributed by atoms with van der Waals surface area (Å²) >= 11 is 0. The molecule has 28 heavy (non-hydrogen) atoms. The lowest BCUT2D eigenvalue weighted by Gasteiger charge is -2.23. The van der Waals surface area contributed by atoms with Crippen LogP contribution in [0.3, 0.4) is 0 Å². The first-order valence-electron chi connectivity index (χ1n) is 9.69. The van der Waals surface area contributed by atoms with Crippen LogP contribution in [0.4, 0.5) is 0 Å². The van der Waals surface area contributed by atoms with Crippen molar-refractivity contribution in [1.82, 2.24) is 5.32 Å². The minimum absolute atomic E-state index is 0.140. The zero-order valence-corrected chi connectivity index (χ0v) is 17.6. The number of hydrogen-bond donors (Lipinski definition) is 1. The Morgan fingerprint density at radius 2 is 1.64 bits per heavy atom. The van der Waals surface area contributed by atoms with Crippen LogP contribution in [-0.2, 0) is 4.79 Å². The summed E-state index contributed by atoms with van der Waals surface area (Å²) in [6, 6.07) is 13.4. The zero-order valence-electron chi connectivity index (χ0n) is 17.6. The van der Waals surface area contributed by atoms with E-state index in [2.05, 4.69) is 19.2 Å². The molecule has 0 aliphatic carbocycles. The fourth-order valence-corrected chi connectivity index (χ4v) is 3.09. The van der Waals surface area contributed by atoms with Gasteiger partial charge in [-0.3, -0.25) is 4.79 Å². The second-order valence-corrected chi connectivity index (χ2v) is 7.04. The molecule has 0 aliphatic heterocycles. The van der Waals surface area contributed by atoms with E-state index in [-0.39, 0.29) is 11.9 Å². The Bertz CT molecular complexity index is 788. The number of amides is 1. The van der Waals surface area contributed by atoms with E-state index in [0.717, 1.165) is 23.3 Å². The molecule has 0 spiro atoms. The number of nitrogens with one attached hydrogen (secondary N) is 1. The lowest BCUT2D eigenvalue weighted by atomic mass is 10.0. The summed E-state index contributed by atoms with van der Waals surface area (Å²) in [6.45, 7) is 8.02. The van der Waals surface area contributed by atoms with E-state index >= 15 is 0 Å². The van der Waals surface area contributed by atoms with Gasteiger partial charge in [-0.2, -0.15) is 0 Å². The normalized spacial score (nSPS) is 13.0. The molecule has 2 aromatic carbocycles. The third kappa shape index (κ3) is 5.18. The average molecular weight is 386 g/mol. The quantitative estimate of drug-likeness (QED) is 0.670. The highest BCUT2D eigenvalue weighted by Gasteiger charge is 2.21. The second-order valence-electron chi connectivity index (χ2n) is 7.04. The van der Waals surface area contributed by atoms with E-state index < -0.39 is 6.10 Å². The van der Waals surface area contributed by atoms with Crippen LogP contribution in [0.1, 0.15) is 57.2 Å². The summed E-state index contributed by atoms with van der Waals surface area (Å²) in [5.41, 5.74) is 2.05. The molecule has 5 nitrogen and oxygen atoms in total. The predicted octanol–water partition coefficient (Wildman–Crippen LogP) is 4.86. The molecule has 2 atom stereocenters. The van der Waals surface area contributed by atoms with E-state index in [1.165, 1.54) is 0 Å². The van der Waals surface area contributed by atoms with Gasteiger partial charge < -0.3 is 19.5 Å². The molecule has 1 amide bonds. The number of ether oxygens (including phenoxy) is 3. The minimum atomic E-state index is -0.603. The Hall–Kier alpha value is -2.69. The molecule has 1 N–H and O–H groups in total. The zero-order chi connectivity index (χ0) is 20.7. The number of rotatable bonds is 9. The summed E-state index contributed by atoms with van der Waals surface area (Å²) in [6.07, 6.45) is 0.144. The molecule has 0 aliphatic rings. The van der Waals surface area contributed by atoms with Crippen molar-refractivity contribution in [3.8, 4) is 17.2 Å². The van der Waals surface area contributed by atoms with E-state index in [9.17, 15) is 4.79 Å². The molecule has 2 aromatic rings. The first-order chi connectivity index (χ1) is 13.4. The van der Waals surface area contributed by atoms with Gasteiger partial charge in [0.15, 0.2) is 17.6 Å². The maximum absolute atomic E-state index is 12.8. The number of hydrogen-bond acceptors (Lipinski definition) is 4. The fourth-order valence-electron chi connectivity index (χ4n) is 3.09. The van der Waals surface area contributed by atoms with Crippen molar-refractivity contribution < 1.29 is 19.0 Å². The Labute approximate surface area is 168 Å². The van der Waals surface area contributed by atoms with Crippen LogP contribution in [0.25, 0.3) is 0 Å². The van der Waals surface area contributed by atoms with Crippen LogP contribution < -0.4 is 19.5 Å². The van der Waals surface area contributed by atoms with Gasteiger partial charge in [0, 0.05) is 0 Å². The maximum atomic E-state index is 12.8. The molecule has 5 heteroatoms. The molecule has 152 valence electrons. The fraction of sp³-hybridized carbons (Fsp3) is 0.435. The van der Waals surface area contributed by atoms with Gasteiger partial charge >= 0.3 is 0 Å². The summed E-state index contributed by atoms with van der Waals surface area (Å²) in [5, 5.41) is 3.08. The monoisotopic (exact) mass is 385 g/mol. The molecule has 0 heterocycles. The smallest absolute Gasteiger partial charge is 0.261 e. The van der Waals surface area contributed by atoms with Crippen molar-refractivity contribution in [1.29, 1.82) is 0 Å². The molecular weight excluding hydrogens is 354 g/mol. The largest absolute Gasteiger partial charge is 0.493 e. The number of methoxy groups -OCH3 is 2. The van der Waals surface area contributed by atoms with Crippen molar-refractivity contribution in [2.24, 2.45) is 0 Å². The molecule has 0 fully saturated rings. The number of carbonyl (C=O) groups excluding carboxylic acids is 1. The van der Waals surface area contributed by atoms with Gasteiger partial charge in [-0.05, 0) is 48.6 Å². The lowest BCUT2D eigenvalue weighted by Crippen LogP contribution is -2.38. The van der Waals surface area contributed by atoms with Crippen molar-refractivity contribution in [3.05, 3.63) is 53.6 Å². The van der Waals surface area contributed by atoms with Gasteiger partial charge in [0.2, 0.25) is 0 Å². The Balaban J connectivity index is 2.11. The van der Waals surface area contributed by atoms with Crippen LogP contribution >= 0.6 is 0 Å². The highest BCUT2D eigenvalue weighted by atomic mass is 16.5. The van der Waals surface area contributed by atoms with Crippen molar-refractivity contribution >= 4 is 5.91 Å². The predicted molar refractivity (Wildman–Crippen MR) is 111 cm³/mol. The van der Waals surface area contributed by atoms with Crippen LogP contribution in [0.2, 0.25) is 0 Å². The SMILES string of the molecule is CC[C@@H](NC(=O)[C@H](C)Oc1ccccc1C(C)C)c1ccc(OC)c(OC)c1. The van der Waals surface area contributed by atoms with Crippen LogP contribution in [0.15, 0.2) is 42.5 Å². The Morgan fingerprint density at radius 1 is 0.964 bits per heavy atom. The molecule has 0 bridgehead atoms. The molecule has 0 aromatic heterocycles. The van der Waals surface area contributed by atoms with Gasteiger partial charge in [0.1, 0.15) is 5.75 Å². The highest BCUT2D eigenvalue weighted by molar-refractivity contribution is 5.81. The number of benzene rings is 2. The van der Waals surface area contributed by atoms with E-state index in [1.54, 1.807) is 21.1 Å². The third-order valence-corrected chi connectivity index (χ3v) is 4.75. The van der Waals surface area contributed by atoms with Gasteiger partial charge in [-0.1, -0.05) is 45.0 Å². The Morgan fingerprint density at radius 3 is 2.25 bits per heavy atom. The summed E-state index contributed by atoms with van der Waals surface area (Å²) in [4.78, 5) is 12.8. The van der Waals surface area contributed by atoms with Crippen LogP contribution in [0, 0.1) is 0 Å². The first-order valence-corrected chi connectivity index (χ1v) is 9.69. The van der Waals surface area contributed by atoms with E-state index in [0.29, 0.717) is 17.4 Å². The minimum Gasteiger partial charge on any atom is -0.493 e. The first kappa shape index (κ1) is 21.6. The standard InChI is InChI=1S/C23H31NO4/c1-7-19(17-12-13-21(26-5)22(14-17)27-6)24-23(25)16(4)28-20-11-9-8-10-18(20)15(2)3/h8-16,19H,7H2,1-6H3,(H,24,25)/t16-,19+/m0/s1. The third-order valence-electron chi connectivity index (χ3n) is 4.75. The maximum Gasteiger partial charge on any atom is 0.261 e. The van der Waals surface area contributed by atoms with Gasteiger partial charge in [-0.25, -0.2) is 0 Å². The lowest BCUT2D eigenvalue weighted by molar-refractivity contribution is -0.128.